The second-order valence-electron chi connectivity index (χ2n) is 9.11. The third kappa shape index (κ3) is 4.09. The number of benzene rings is 1. The highest BCUT2D eigenvalue weighted by atomic mass is 19.1. The molecular weight excluding hydrogens is 438 g/mol. The molecule has 4 aromatic rings. The van der Waals surface area contributed by atoms with Crippen molar-refractivity contribution in [3.05, 3.63) is 59.9 Å². The summed E-state index contributed by atoms with van der Waals surface area (Å²) in [6, 6.07) is 6.29. The average molecular weight is 465 g/mol. The average Bonchev–Trinajstić information content (AvgIpc) is 3.22. The van der Waals surface area contributed by atoms with Crippen LogP contribution in [0.1, 0.15) is 55.7 Å². The Kier molecular flexibility index (Phi) is 5.57. The van der Waals surface area contributed by atoms with Crippen molar-refractivity contribution >= 4 is 11.2 Å². The quantitative estimate of drug-likeness (QED) is 0.434. The number of imidazole rings is 1. The van der Waals surface area contributed by atoms with Crippen molar-refractivity contribution in [1.29, 1.82) is 0 Å². The summed E-state index contributed by atoms with van der Waals surface area (Å²) in [6.07, 6.45) is 10.1. The molecule has 2 aliphatic heterocycles. The van der Waals surface area contributed by atoms with Gasteiger partial charge in [-0.15, -0.1) is 0 Å². The predicted molar refractivity (Wildman–Crippen MR) is 122 cm³/mol. The summed E-state index contributed by atoms with van der Waals surface area (Å²) >= 11 is 0. The van der Waals surface area contributed by atoms with Gasteiger partial charge in [-0.1, -0.05) is 0 Å². The Balaban J connectivity index is 0.000000228. The molecule has 176 valence electrons. The van der Waals surface area contributed by atoms with E-state index >= 15 is 0 Å². The minimum atomic E-state index is -0.629. The highest BCUT2D eigenvalue weighted by Crippen LogP contribution is 2.34. The Morgan fingerprint density at radius 3 is 2.59 bits per heavy atom. The number of hydrogen-bond acceptors (Lipinski definition) is 5. The smallest absolute Gasteiger partial charge is 0.164 e. The van der Waals surface area contributed by atoms with Crippen molar-refractivity contribution in [3.8, 4) is 11.3 Å². The van der Waals surface area contributed by atoms with Crippen LogP contribution < -0.4 is 0 Å². The monoisotopic (exact) mass is 464 g/mol. The Morgan fingerprint density at radius 2 is 1.85 bits per heavy atom. The lowest BCUT2D eigenvalue weighted by Crippen LogP contribution is -2.17. The SMILES string of the molecule is Fc1ccc(-c2nc(C3CCOCC3)nc3c2nc2n3CCC2)c(F)c1.c1cnn(C2CC2)c1. The van der Waals surface area contributed by atoms with E-state index in [1.54, 1.807) is 0 Å². The molecule has 0 unspecified atom stereocenters. The first-order valence-electron chi connectivity index (χ1n) is 12.0. The summed E-state index contributed by atoms with van der Waals surface area (Å²) in [5.41, 5.74) is 2.08. The van der Waals surface area contributed by atoms with Crippen LogP contribution in [-0.2, 0) is 17.7 Å². The molecule has 0 bridgehead atoms. The summed E-state index contributed by atoms with van der Waals surface area (Å²) in [5.74, 6) is 0.615. The largest absolute Gasteiger partial charge is 0.381 e. The van der Waals surface area contributed by atoms with Gasteiger partial charge in [0.05, 0.1) is 6.04 Å². The van der Waals surface area contributed by atoms with Crippen LogP contribution in [0.2, 0.25) is 0 Å². The first kappa shape index (κ1) is 21.3. The first-order chi connectivity index (χ1) is 16.7. The highest BCUT2D eigenvalue weighted by molar-refractivity contribution is 5.88. The first-order valence-corrected chi connectivity index (χ1v) is 12.0. The number of halogens is 2. The molecule has 9 heteroatoms. The standard InChI is InChI=1S/C19H18F2N4O.C6H8N2/c20-12-3-4-13(14(21)10-12)16-17-19(25-7-1-2-15(25)22-17)24-18(23-16)11-5-8-26-9-6-11;1-4-7-8(5-1)6-2-3-6/h3-4,10-11H,1-2,5-9H2;1,4-6H,2-3H2. The topological polar surface area (TPSA) is 70.7 Å². The van der Waals surface area contributed by atoms with Gasteiger partial charge in [0.2, 0.25) is 0 Å². The van der Waals surface area contributed by atoms with Crippen molar-refractivity contribution in [2.24, 2.45) is 0 Å². The summed E-state index contributed by atoms with van der Waals surface area (Å²) in [7, 11) is 0. The minimum absolute atomic E-state index is 0.183. The number of nitrogens with zero attached hydrogens (tertiary/aromatic N) is 6. The lowest BCUT2D eigenvalue weighted by Gasteiger charge is -2.21. The second kappa shape index (κ2) is 8.87. The molecule has 3 aromatic heterocycles. The van der Waals surface area contributed by atoms with E-state index in [0.29, 0.717) is 30.2 Å². The van der Waals surface area contributed by atoms with Crippen LogP contribution >= 0.6 is 0 Å². The molecule has 7 rings (SSSR count). The van der Waals surface area contributed by atoms with Crippen LogP contribution in [-0.4, -0.2) is 42.5 Å². The van der Waals surface area contributed by atoms with E-state index in [1.165, 1.54) is 25.0 Å². The van der Waals surface area contributed by atoms with Gasteiger partial charge in [0.25, 0.3) is 0 Å². The molecule has 3 aliphatic rings. The summed E-state index contributed by atoms with van der Waals surface area (Å²) in [4.78, 5) is 14.2. The van der Waals surface area contributed by atoms with Gasteiger partial charge in [0.15, 0.2) is 5.65 Å². The lowest BCUT2D eigenvalue weighted by atomic mass is 9.99. The zero-order valence-electron chi connectivity index (χ0n) is 18.8. The molecule has 1 aromatic carbocycles. The maximum Gasteiger partial charge on any atom is 0.164 e. The molecule has 5 heterocycles. The molecule has 1 saturated heterocycles. The van der Waals surface area contributed by atoms with Crippen LogP contribution in [0, 0.1) is 11.6 Å². The number of aromatic nitrogens is 6. The summed E-state index contributed by atoms with van der Waals surface area (Å²) in [5, 5.41) is 4.09. The van der Waals surface area contributed by atoms with E-state index in [2.05, 4.69) is 14.6 Å². The van der Waals surface area contributed by atoms with Crippen molar-refractivity contribution in [2.75, 3.05) is 13.2 Å². The fourth-order valence-electron chi connectivity index (χ4n) is 4.73. The van der Waals surface area contributed by atoms with Crippen molar-refractivity contribution in [1.82, 2.24) is 29.3 Å². The molecule has 1 aliphatic carbocycles. The van der Waals surface area contributed by atoms with E-state index in [1.807, 2.05) is 23.1 Å². The Labute approximate surface area is 195 Å². The molecule has 0 radical (unpaired) electrons. The second-order valence-corrected chi connectivity index (χ2v) is 9.11. The van der Waals surface area contributed by atoms with Crippen LogP contribution in [0.15, 0.2) is 36.7 Å². The van der Waals surface area contributed by atoms with E-state index in [0.717, 1.165) is 55.8 Å². The molecule has 7 nitrogen and oxygen atoms in total. The molecular formula is C25H26F2N6O. The Morgan fingerprint density at radius 1 is 1.00 bits per heavy atom. The molecule has 34 heavy (non-hydrogen) atoms. The van der Waals surface area contributed by atoms with Crippen molar-refractivity contribution in [2.45, 2.75) is 57.0 Å². The number of hydrogen-bond donors (Lipinski definition) is 0. The molecule has 1 saturated carbocycles. The van der Waals surface area contributed by atoms with Gasteiger partial charge in [-0.25, -0.2) is 23.7 Å². The van der Waals surface area contributed by atoms with E-state index in [-0.39, 0.29) is 11.5 Å². The van der Waals surface area contributed by atoms with Crippen LogP contribution in [0.25, 0.3) is 22.4 Å². The maximum atomic E-state index is 14.5. The lowest BCUT2D eigenvalue weighted by molar-refractivity contribution is 0.0836. The number of fused-ring (bicyclic) bond motifs is 3. The fourth-order valence-corrected chi connectivity index (χ4v) is 4.73. The third-order valence-electron chi connectivity index (χ3n) is 6.69. The highest BCUT2D eigenvalue weighted by Gasteiger charge is 2.26. The summed E-state index contributed by atoms with van der Waals surface area (Å²) in [6.45, 7) is 2.22. The molecule has 0 atom stereocenters. The van der Waals surface area contributed by atoms with Gasteiger partial charge in [-0.05, 0) is 50.3 Å². The van der Waals surface area contributed by atoms with Gasteiger partial charge in [0.1, 0.15) is 34.5 Å². The van der Waals surface area contributed by atoms with Crippen LogP contribution in [0.5, 0.6) is 0 Å². The third-order valence-corrected chi connectivity index (χ3v) is 6.69. The Hall–Kier alpha value is -3.20. The number of ether oxygens (including phenoxy) is 1. The van der Waals surface area contributed by atoms with Gasteiger partial charge < -0.3 is 9.30 Å². The minimum Gasteiger partial charge on any atom is -0.381 e. The van der Waals surface area contributed by atoms with Crippen LogP contribution in [0.4, 0.5) is 8.78 Å². The summed E-state index contributed by atoms with van der Waals surface area (Å²) < 4.78 is 37.4. The molecule has 0 N–H and O–H groups in total. The fraction of sp³-hybridized carbons (Fsp3) is 0.440. The van der Waals surface area contributed by atoms with Crippen LogP contribution in [0.3, 0.4) is 0 Å². The van der Waals surface area contributed by atoms with Gasteiger partial charge >= 0.3 is 0 Å². The maximum absolute atomic E-state index is 14.5. The van der Waals surface area contributed by atoms with Gasteiger partial charge in [-0.2, -0.15) is 5.10 Å². The normalized spacial score (nSPS) is 18.1. The predicted octanol–water partition coefficient (Wildman–Crippen LogP) is 4.83. The zero-order chi connectivity index (χ0) is 23.1. The van der Waals surface area contributed by atoms with E-state index in [4.69, 9.17) is 14.7 Å². The molecule has 0 spiro atoms. The number of aryl methyl sites for hydroxylation is 2. The molecule has 2 fully saturated rings. The van der Waals surface area contributed by atoms with Gasteiger partial charge in [-0.3, -0.25) is 4.68 Å². The van der Waals surface area contributed by atoms with Crippen molar-refractivity contribution in [3.63, 3.8) is 0 Å². The van der Waals surface area contributed by atoms with E-state index < -0.39 is 11.6 Å². The Bertz CT molecular complexity index is 1310. The zero-order valence-corrected chi connectivity index (χ0v) is 18.8. The van der Waals surface area contributed by atoms with Crippen molar-refractivity contribution < 1.29 is 13.5 Å². The van der Waals surface area contributed by atoms with E-state index in [9.17, 15) is 8.78 Å². The van der Waals surface area contributed by atoms with Gasteiger partial charge in [0, 0.05) is 56.1 Å². The molecule has 0 amide bonds. The number of rotatable bonds is 3.